The lowest BCUT2D eigenvalue weighted by atomic mass is 10.0. The lowest BCUT2D eigenvalue weighted by Gasteiger charge is -2.02. The number of ketones is 1. The predicted octanol–water partition coefficient (Wildman–Crippen LogP) is 2.15. The molecule has 0 fully saturated rings. The Bertz CT molecular complexity index is 320. The topological polar surface area (TPSA) is 63.6 Å². The van der Waals surface area contributed by atoms with E-state index < -0.39 is 6.10 Å². The highest BCUT2D eigenvalue weighted by atomic mass is 16.5. The van der Waals surface area contributed by atoms with Gasteiger partial charge in [0, 0.05) is 12.8 Å². The molecule has 0 bridgehead atoms. The molecule has 18 heavy (non-hydrogen) atoms. The van der Waals surface area contributed by atoms with Crippen LogP contribution in [0.25, 0.3) is 0 Å². The molecule has 1 atom stereocenters. The van der Waals surface area contributed by atoms with Crippen molar-refractivity contribution in [3.8, 4) is 0 Å². The number of unbranched alkanes of at least 4 members (excludes halogenated alkanes) is 4. The Morgan fingerprint density at radius 1 is 1.33 bits per heavy atom. The van der Waals surface area contributed by atoms with Crippen molar-refractivity contribution in [1.82, 2.24) is 0 Å². The number of rotatable bonds is 8. The number of aliphatic hydroxyl groups is 1. The molecule has 0 aliphatic heterocycles. The number of aliphatic hydroxyl groups excluding tert-OH is 1. The number of Topliss-reactive ketones (excluding diaryl/α,β-unsaturated/α-hetero) is 1. The van der Waals surface area contributed by atoms with Crippen LogP contribution in [0.2, 0.25) is 0 Å². The van der Waals surface area contributed by atoms with Gasteiger partial charge in [0.25, 0.3) is 0 Å². The van der Waals surface area contributed by atoms with Gasteiger partial charge in [0.05, 0.1) is 13.2 Å². The van der Waals surface area contributed by atoms with E-state index in [0.717, 1.165) is 44.1 Å². The van der Waals surface area contributed by atoms with Crippen LogP contribution in [-0.4, -0.2) is 30.1 Å². The highest BCUT2D eigenvalue weighted by Gasteiger charge is 2.21. The van der Waals surface area contributed by atoms with Crippen molar-refractivity contribution in [2.45, 2.75) is 57.5 Å². The number of carbonyl (C=O) groups is 2. The highest BCUT2D eigenvalue weighted by molar-refractivity contribution is 5.98. The van der Waals surface area contributed by atoms with Crippen LogP contribution in [0.3, 0.4) is 0 Å². The first-order valence-electron chi connectivity index (χ1n) is 6.62. The van der Waals surface area contributed by atoms with Crippen LogP contribution in [0.1, 0.15) is 51.4 Å². The largest absolute Gasteiger partial charge is 0.469 e. The van der Waals surface area contributed by atoms with Crippen molar-refractivity contribution in [1.29, 1.82) is 0 Å². The van der Waals surface area contributed by atoms with Gasteiger partial charge in [0.1, 0.15) is 0 Å². The minimum atomic E-state index is -0.562. The maximum atomic E-state index is 11.4. The molecule has 0 amide bonds. The molecule has 0 unspecified atom stereocenters. The Kier molecular flexibility index (Phi) is 6.65. The van der Waals surface area contributed by atoms with E-state index in [0.29, 0.717) is 6.42 Å². The van der Waals surface area contributed by atoms with Gasteiger partial charge in [-0.25, -0.2) is 0 Å². The zero-order valence-electron chi connectivity index (χ0n) is 11.0. The van der Waals surface area contributed by atoms with Gasteiger partial charge in [0.2, 0.25) is 0 Å². The lowest BCUT2D eigenvalue weighted by Crippen LogP contribution is -2.01. The molecule has 0 heterocycles. The Morgan fingerprint density at radius 3 is 2.61 bits per heavy atom. The summed E-state index contributed by atoms with van der Waals surface area (Å²) in [6.07, 6.45) is 7.63. The van der Waals surface area contributed by atoms with Crippen LogP contribution in [-0.2, 0) is 14.3 Å². The molecular formula is C14H22O4. The molecule has 102 valence electrons. The van der Waals surface area contributed by atoms with Gasteiger partial charge < -0.3 is 9.84 Å². The molecule has 0 saturated heterocycles. The third kappa shape index (κ3) is 5.45. The third-order valence-corrected chi connectivity index (χ3v) is 3.20. The summed E-state index contributed by atoms with van der Waals surface area (Å²) < 4.78 is 4.56. The van der Waals surface area contributed by atoms with Gasteiger partial charge in [-0.2, -0.15) is 0 Å². The van der Waals surface area contributed by atoms with Gasteiger partial charge in [-0.3, -0.25) is 9.59 Å². The van der Waals surface area contributed by atoms with Crippen LogP contribution >= 0.6 is 0 Å². The van der Waals surface area contributed by atoms with Crippen LogP contribution < -0.4 is 0 Å². The van der Waals surface area contributed by atoms with Gasteiger partial charge in [-0.15, -0.1) is 0 Å². The average Bonchev–Trinajstić information content (AvgIpc) is 2.66. The van der Waals surface area contributed by atoms with Crippen LogP contribution in [0.5, 0.6) is 0 Å². The first-order chi connectivity index (χ1) is 8.63. The van der Waals surface area contributed by atoms with Gasteiger partial charge in [0.15, 0.2) is 5.78 Å². The first kappa shape index (κ1) is 14.9. The van der Waals surface area contributed by atoms with E-state index >= 15 is 0 Å². The van der Waals surface area contributed by atoms with Crippen molar-refractivity contribution >= 4 is 11.8 Å². The van der Waals surface area contributed by atoms with E-state index in [2.05, 4.69) is 4.74 Å². The number of hydrogen-bond acceptors (Lipinski definition) is 4. The van der Waals surface area contributed by atoms with Crippen molar-refractivity contribution in [2.75, 3.05) is 7.11 Å². The average molecular weight is 254 g/mol. The molecule has 0 aromatic rings. The molecule has 4 heteroatoms. The van der Waals surface area contributed by atoms with Crippen molar-refractivity contribution in [2.24, 2.45) is 0 Å². The number of hydrogen-bond donors (Lipinski definition) is 1. The standard InChI is InChI=1S/C14H22O4/c1-18-14(17)8-6-4-2-3-5-7-11-9-12(15)10-13(11)16/h9,12,15H,2-8,10H2,1H3/t12-/m0/s1. The normalized spacial score (nSPS) is 18.9. The highest BCUT2D eigenvalue weighted by Crippen LogP contribution is 2.20. The second-order valence-corrected chi connectivity index (χ2v) is 4.73. The monoisotopic (exact) mass is 254 g/mol. The van der Waals surface area contributed by atoms with Crippen LogP contribution in [0.4, 0.5) is 0 Å². The zero-order valence-corrected chi connectivity index (χ0v) is 11.0. The zero-order chi connectivity index (χ0) is 13.4. The van der Waals surface area contributed by atoms with Crippen molar-refractivity contribution < 1.29 is 19.4 Å². The molecule has 1 N–H and O–H groups in total. The fraction of sp³-hybridized carbons (Fsp3) is 0.714. The lowest BCUT2D eigenvalue weighted by molar-refractivity contribution is -0.140. The summed E-state index contributed by atoms with van der Waals surface area (Å²) >= 11 is 0. The predicted molar refractivity (Wildman–Crippen MR) is 68.0 cm³/mol. The molecule has 1 aliphatic rings. The summed E-state index contributed by atoms with van der Waals surface area (Å²) in [4.78, 5) is 22.2. The summed E-state index contributed by atoms with van der Waals surface area (Å²) in [5.74, 6) is -0.0566. The number of allylic oxidation sites excluding steroid dienone is 1. The number of esters is 1. The molecule has 0 radical (unpaired) electrons. The van der Waals surface area contributed by atoms with E-state index in [-0.39, 0.29) is 18.2 Å². The van der Waals surface area contributed by atoms with E-state index in [1.54, 1.807) is 6.08 Å². The number of carbonyl (C=O) groups excluding carboxylic acids is 2. The first-order valence-corrected chi connectivity index (χ1v) is 6.62. The molecule has 1 aliphatic carbocycles. The Labute approximate surface area is 108 Å². The summed E-state index contributed by atoms with van der Waals surface area (Å²) in [5.41, 5.74) is 0.789. The molecule has 0 aromatic carbocycles. The third-order valence-electron chi connectivity index (χ3n) is 3.20. The minimum absolute atomic E-state index is 0.0909. The fourth-order valence-corrected chi connectivity index (χ4v) is 2.15. The molecule has 0 spiro atoms. The van der Waals surface area contributed by atoms with E-state index in [9.17, 15) is 14.7 Å². The fourth-order valence-electron chi connectivity index (χ4n) is 2.15. The molecule has 0 saturated carbocycles. The van der Waals surface area contributed by atoms with Crippen LogP contribution in [0, 0.1) is 0 Å². The summed E-state index contributed by atoms with van der Waals surface area (Å²) in [6.45, 7) is 0. The van der Waals surface area contributed by atoms with Gasteiger partial charge >= 0.3 is 5.97 Å². The van der Waals surface area contributed by atoms with Crippen molar-refractivity contribution in [3.05, 3.63) is 11.6 Å². The molecular weight excluding hydrogens is 232 g/mol. The Hall–Kier alpha value is -1.16. The van der Waals surface area contributed by atoms with E-state index in [1.807, 2.05) is 0 Å². The molecule has 1 rings (SSSR count). The van der Waals surface area contributed by atoms with E-state index in [1.165, 1.54) is 7.11 Å². The second kappa shape index (κ2) is 8.03. The summed E-state index contributed by atoms with van der Waals surface area (Å²) in [5, 5.41) is 9.28. The van der Waals surface area contributed by atoms with Gasteiger partial charge in [-0.05, 0) is 30.9 Å². The maximum absolute atomic E-state index is 11.4. The smallest absolute Gasteiger partial charge is 0.305 e. The SMILES string of the molecule is COC(=O)CCCCCCCC1=C[C@H](O)CC1=O. The minimum Gasteiger partial charge on any atom is -0.469 e. The number of methoxy groups -OCH3 is 1. The Balaban J connectivity index is 1.98. The van der Waals surface area contributed by atoms with Gasteiger partial charge in [-0.1, -0.05) is 19.3 Å². The summed E-state index contributed by atoms with van der Waals surface area (Å²) in [6, 6.07) is 0. The molecule has 0 aromatic heterocycles. The molecule has 4 nitrogen and oxygen atoms in total. The summed E-state index contributed by atoms with van der Waals surface area (Å²) in [7, 11) is 1.41. The van der Waals surface area contributed by atoms with E-state index in [4.69, 9.17) is 0 Å². The quantitative estimate of drug-likeness (QED) is 0.532. The van der Waals surface area contributed by atoms with Crippen LogP contribution in [0.15, 0.2) is 11.6 Å². The Morgan fingerprint density at radius 2 is 2.00 bits per heavy atom. The number of ether oxygens (including phenoxy) is 1. The maximum Gasteiger partial charge on any atom is 0.305 e. The van der Waals surface area contributed by atoms with Crippen molar-refractivity contribution in [3.63, 3.8) is 0 Å². The second-order valence-electron chi connectivity index (χ2n) is 4.73.